The normalized spacial score (nSPS) is 20.2. The lowest BCUT2D eigenvalue weighted by molar-refractivity contribution is -0.252. The van der Waals surface area contributed by atoms with Gasteiger partial charge >= 0.3 is 0 Å². The van der Waals surface area contributed by atoms with Gasteiger partial charge in [0.05, 0.1) is 13.2 Å². The minimum atomic E-state index is 0.390. The van der Waals surface area contributed by atoms with E-state index in [-0.39, 0.29) is 0 Å². The molecule has 0 N–H and O–H groups in total. The van der Waals surface area contributed by atoms with Gasteiger partial charge in [-0.15, -0.1) is 11.8 Å². The molecule has 0 spiro atoms. The molecule has 5 nitrogen and oxygen atoms in total. The van der Waals surface area contributed by atoms with E-state index in [1.165, 1.54) is 11.8 Å². The quantitative estimate of drug-likeness (QED) is 0.472. The fourth-order valence-corrected chi connectivity index (χ4v) is 1.09. The minimum absolute atomic E-state index is 0.390. The lowest BCUT2D eigenvalue weighted by Crippen LogP contribution is -2.45. The number of thioether (sulfide) groups is 1. The number of ether oxygens (including phenoxy) is 1. The van der Waals surface area contributed by atoms with Crippen molar-refractivity contribution in [1.29, 1.82) is 0 Å². The van der Waals surface area contributed by atoms with E-state index in [2.05, 4.69) is 0 Å². The van der Waals surface area contributed by atoms with Crippen LogP contribution in [0, 0.1) is 5.21 Å². The van der Waals surface area contributed by atoms with Crippen LogP contribution >= 0.6 is 11.8 Å². The van der Waals surface area contributed by atoms with Crippen LogP contribution in [-0.2, 0) is 9.57 Å². The van der Waals surface area contributed by atoms with Crippen LogP contribution in [0.2, 0.25) is 0 Å². The number of morpholine rings is 1. The molecule has 0 atom stereocenters. The van der Waals surface area contributed by atoms with E-state index in [1.807, 2.05) is 6.26 Å². The van der Waals surface area contributed by atoms with Gasteiger partial charge in [-0.1, -0.05) is 0 Å². The summed E-state index contributed by atoms with van der Waals surface area (Å²) >= 11 is 1.47. The van der Waals surface area contributed by atoms with Gasteiger partial charge in [-0.2, -0.15) is 5.34 Å². The maximum Gasteiger partial charge on any atom is 0.114 e. The third-order valence-electron chi connectivity index (χ3n) is 1.50. The first-order chi connectivity index (χ1) is 5.84. The van der Waals surface area contributed by atoms with Crippen LogP contribution in [-0.4, -0.2) is 48.8 Å². The Labute approximate surface area is 76.1 Å². The lowest BCUT2D eigenvalue weighted by atomic mass is 10.5. The molecule has 0 aromatic rings. The molecule has 0 unspecified atom stereocenters. The summed E-state index contributed by atoms with van der Waals surface area (Å²) in [5.74, 6) is 0.390. The molecular formula is C6H13N2O3S-. The standard InChI is InChI=1S/C6H13N2O3S/c1-12-6-11-8(9)7-2-4-10-5-3-7/h2-6H2,1H3/q-1. The van der Waals surface area contributed by atoms with Crippen molar-refractivity contribution < 1.29 is 9.57 Å². The van der Waals surface area contributed by atoms with Crippen molar-refractivity contribution in [2.75, 3.05) is 38.5 Å². The number of hydrogen-bond acceptors (Lipinski definition) is 6. The van der Waals surface area contributed by atoms with Crippen molar-refractivity contribution in [3.05, 3.63) is 5.21 Å². The van der Waals surface area contributed by atoms with Crippen molar-refractivity contribution in [2.45, 2.75) is 0 Å². The van der Waals surface area contributed by atoms with Gasteiger partial charge < -0.3 is 9.94 Å². The third-order valence-corrected chi connectivity index (χ3v) is 1.84. The van der Waals surface area contributed by atoms with E-state index < -0.39 is 0 Å². The van der Waals surface area contributed by atoms with Crippen LogP contribution in [0.5, 0.6) is 0 Å². The van der Waals surface area contributed by atoms with Crippen molar-refractivity contribution in [1.82, 2.24) is 10.3 Å². The molecule has 1 heterocycles. The van der Waals surface area contributed by atoms with Crippen LogP contribution < -0.4 is 0 Å². The molecule has 1 saturated heterocycles. The second-order valence-corrected chi connectivity index (χ2v) is 3.15. The molecule has 6 heteroatoms. The Hall–Kier alpha value is 0.150. The van der Waals surface area contributed by atoms with Gasteiger partial charge in [-0.3, -0.25) is 4.84 Å². The van der Waals surface area contributed by atoms with Crippen LogP contribution in [0.25, 0.3) is 0 Å². The summed E-state index contributed by atoms with van der Waals surface area (Å²) in [6.45, 7) is 2.42. The summed E-state index contributed by atoms with van der Waals surface area (Å²) in [5, 5.41) is 13.2. The number of hydrazine groups is 1. The molecule has 1 rings (SSSR count). The van der Waals surface area contributed by atoms with E-state index in [0.717, 1.165) is 0 Å². The van der Waals surface area contributed by atoms with Gasteiger partial charge in [0.2, 0.25) is 0 Å². The van der Waals surface area contributed by atoms with Crippen LogP contribution in [0.3, 0.4) is 0 Å². The summed E-state index contributed by atoms with van der Waals surface area (Å²) in [6, 6.07) is 0. The SMILES string of the molecule is CSCON([O-])N1CCOCC1. The zero-order valence-electron chi connectivity index (χ0n) is 7.06. The Morgan fingerprint density at radius 2 is 2.25 bits per heavy atom. The Kier molecular flexibility index (Phi) is 4.89. The molecular weight excluding hydrogens is 180 g/mol. The average Bonchev–Trinajstić information content (AvgIpc) is 2.15. The van der Waals surface area contributed by atoms with Gasteiger partial charge in [0.15, 0.2) is 0 Å². The Morgan fingerprint density at radius 3 is 2.83 bits per heavy atom. The maximum absolute atomic E-state index is 11.1. The summed E-state index contributed by atoms with van der Waals surface area (Å²) in [6.07, 6.45) is 1.88. The highest BCUT2D eigenvalue weighted by atomic mass is 32.2. The summed E-state index contributed by atoms with van der Waals surface area (Å²) in [4.78, 5) is 4.84. The highest BCUT2D eigenvalue weighted by Crippen LogP contribution is 2.04. The topological polar surface area (TPSA) is 48.0 Å². The molecule has 0 radical (unpaired) electrons. The maximum atomic E-state index is 11.1. The Morgan fingerprint density at radius 1 is 1.58 bits per heavy atom. The van der Waals surface area contributed by atoms with Gasteiger partial charge in [-0.25, -0.2) is 5.01 Å². The fourth-order valence-electron chi connectivity index (χ4n) is 0.896. The zero-order valence-corrected chi connectivity index (χ0v) is 7.88. The highest BCUT2D eigenvalue weighted by Gasteiger charge is 2.11. The molecule has 0 bridgehead atoms. The van der Waals surface area contributed by atoms with Crippen molar-refractivity contribution >= 4 is 11.8 Å². The van der Waals surface area contributed by atoms with Crippen molar-refractivity contribution in [2.24, 2.45) is 0 Å². The first kappa shape index (κ1) is 10.2. The van der Waals surface area contributed by atoms with E-state index in [1.54, 1.807) is 5.01 Å². The molecule has 0 aromatic carbocycles. The molecule has 1 fully saturated rings. The van der Waals surface area contributed by atoms with Crippen molar-refractivity contribution in [3.8, 4) is 0 Å². The molecule has 12 heavy (non-hydrogen) atoms. The van der Waals surface area contributed by atoms with Gasteiger partial charge in [0.25, 0.3) is 0 Å². The highest BCUT2D eigenvalue weighted by molar-refractivity contribution is 7.98. The number of rotatable bonds is 4. The smallest absolute Gasteiger partial charge is 0.114 e. The van der Waals surface area contributed by atoms with Crippen LogP contribution in [0.15, 0.2) is 0 Å². The second kappa shape index (κ2) is 5.74. The molecule has 1 aliphatic rings. The molecule has 0 aliphatic carbocycles. The molecule has 0 aromatic heterocycles. The van der Waals surface area contributed by atoms with Gasteiger partial charge in [-0.05, 0) is 6.26 Å². The molecule has 1 aliphatic heterocycles. The molecule has 0 saturated carbocycles. The molecule has 0 amide bonds. The second-order valence-electron chi connectivity index (χ2n) is 2.34. The zero-order chi connectivity index (χ0) is 8.81. The monoisotopic (exact) mass is 193 g/mol. The summed E-state index contributed by atoms with van der Waals surface area (Å²) in [7, 11) is 0. The van der Waals surface area contributed by atoms with Gasteiger partial charge in [0.1, 0.15) is 5.94 Å². The van der Waals surface area contributed by atoms with Crippen LogP contribution in [0.1, 0.15) is 0 Å². The molecule has 72 valence electrons. The van der Waals surface area contributed by atoms with E-state index >= 15 is 0 Å². The van der Waals surface area contributed by atoms with E-state index in [4.69, 9.17) is 9.57 Å². The summed E-state index contributed by atoms with van der Waals surface area (Å²) in [5.41, 5.74) is 0. The van der Waals surface area contributed by atoms with E-state index in [0.29, 0.717) is 37.6 Å². The van der Waals surface area contributed by atoms with Gasteiger partial charge in [0, 0.05) is 13.1 Å². The largest absolute Gasteiger partial charge is 0.748 e. The summed E-state index contributed by atoms with van der Waals surface area (Å²) < 4.78 is 5.09. The first-order valence-electron chi connectivity index (χ1n) is 3.76. The fraction of sp³-hybridized carbons (Fsp3) is 1.00. The average molecular weight is 193 g/mol. The third kappa shape index (κ3) is 3.26. The minimum Gasteiger partial charge on any atom is -0.748 e. The Bertz CT molecular complexity index is 121. The number of nitrogens with zero attached hydrogens (tertiary/aromatic N) is 2. The first-order valence-corrected chi connectivity index (χ1v) is 5.15. The van der Waals surface area contributed by atoms with Crippen molar-refractivity contribution in [3.63, 3.8) is 0 Å². The van der Waals surface area contributed by atoms with E-state index in [9.17, 15) is 5.21 Å². The number of hydrogen-bond donors (Lipinski definition) is 0. The predicted molar refractivity (Wildman–Crippen MR) is 47.1 cm³/mol. The van der Waals surface area contributed by atoms with Crippen LogP contribution in [0.4, 0.5) is 0 Å². The lowest BCUT2D eigenvalue weighted by Gasteiger charge is -2.39. The predicted octanol–water partition coefficient (Wildman–Crippen LogP) is 0.286. The Balaban J connectivity index is 2.15.